The van der Waals surface area contributed by atoms with Crippen molar-refractivity contribution in [3.8, 4) is 0 Å². The minimum atomic E-state index is 0.122. The van der Waals surface area contributed by atoms with E-state index in [0.717, 1.165) is 42.2 Å². The number of hydrogen-bond acceptors (Lipinski definition) is 4. The molecular weight excluding hydrogens is 306 g/mol. The molecule has 5 heteroatoms. The lowest BCUT2D eigenvalue weighted by atomic mass is 10.0. The summed E-state index contributed by atoms with van der Waals surface area (Å²) >= 11 is 1.44. The summed E-state index contributed by atoms with van der Waals surface area (Å²) in [5, 5.41) is 3.59. The molecule has 1 aromatic carbocycles. The molecule has 1 amide bonds. The fourth-order valence-electron chi connectivity index (χ4n) is 3.00. The van der Waals surface area contributed by atoms with Crippen molar-refractivity contribution in [2.24, 2.45) is 0 Å². The fraction of sp³-hybridized carbons (Fsp3) is 0.444. The lowest BCUT2D eigenvalue weighted by Crippen LogP contribution is -2.45. The van der Waals surface area contributed by atoms with Gasteiger partial charge in [0.15, 0.2) is 0 Å². The standard InChI is InChI=1S/C18H23N3OS/c1-12-6-7-15(9-13(12)2)20-16-5-4-8-21(10-16)18(22)17-14(3)19-11-23-17/h6-7,9,11,16,20H,4-5,8,10H2,1-3H3/t16-/m0/s1. The van der Waals surface area contributed by atoms with Crippen molar-refractivity contribution in [2.45, 2.75) is 39.7 Å². The van der Waals surface area contributed by atoms with E-state index in [9.17, 15) is 4.79 Å². The number of anilines is 1. The molecule has 0 unspecified atom stereocenters. The van der Waals surface area contributed by atoms with E-state index in [0.29, 0.717) is 6.04 Å². The number of nitrogens with one attached hydrogen (secondary N) is 1. The van der Waals surface area contributed by atoms with Crippen LogP contribution in [0.4, 0.5) is 5.69 Å². The first-order valence-corrected chi connectivity index (χ1v) is 8.95. The molecule has 1 fully saturated rings. The number of hydrogen-bond donors (Lipinski definition) is 1. The molecule has 0 aliphatic carbocycles. The van der Waals surface area contributed by atoms with E-state index in [1.54, 1.807) is 5.51 Å². The third-order valence-electron chi connectivity index (χ3n) is 4.53. The lowest BCUT2D eigenvalue weighted by Gasteiger charge is -2.33. The molecule has 0 bridgehead atoms. The van der Waals surface area contributed by atoms with E-state index in [4.69, 9.17) is 0 Å². The number of aromatic nitrogens is 1. The predicted octanol–water partition coefficient (Wildman–Crippen LogP) is 3.79. The number of amides is 1. The lowest BCUT2D eigenvalue weighted by molar-refractivity contribution is 0.0719. The van der Waals surface area contributed by atoms with Gasteiger partial charge in [0.1, 0.15) is 4.88 Å². The fourth-order valence-corrected chi connectivity index (χ4v) is 3.77. The highest BCUT2D eigenvalue weighted by molar-refractivity contribution is 7.11. The molecule has 4 nitrogen and oxygen atoms in total. The molecule has 1 saturated heterocycles. The first kappa shape index (κ1) is 16.0. The zero-order chi connectivity index (χ0) is 16.4. The van der Waals surface area contributed by atoms with Gasteiger partial charge in [-0.15, -0.1) is 11.3 Å². The van der Waals surface area contributed by atoms with E-state index < -0.39 is 0 Å². The van der Waals surface area contributed by atoms with Crippen LogP contribution in [0.3, 0.4) is 0 Å². The van der Waals surface area contributed by atoms with Crippen LogP contribution < -0.4 is 5.32 Å². The van der Waals surface area contributed by atoms with E-state index in [1.165, 1.54) is 22.5 Å². The Morgan fingerprint density at radius 1 is 1.30 bits per heavy atom. The summed E-state index contributed by atoms with van der Waals surface area (Å²) in [5.74, 6) is 0.122. The summed E-state index contributed by atoms with van der Waals surface area (Å²) in [7, 11) is 0. The van der Waals surface area contributed by atoms with Gasteiger partial charge < -0.3 is 10.2 Å². The Morgan fingerprint density at radius 2 is 2.13 bits per heavy atom. The van der Waals surface area contributed by atoms with Crippen molar-refractivity contribution >= 4 is 22.9 Å². The largest absolute Gasteiger partial charge is 0.381 e. The Labute approximate surface area is 141 Å². The van der Waals surface area contributed by atoms with Gasteiger partial charge in [-0.3, -0.25) is 4.79 Å². The average molecular weight is 329 g/mol. The second-order valence-electron chi connectivity index (χ2n) is 6.30. The average Bonchev–Trinajstić information content (AvgIpc) is 2.96. The van der Waals surface area contributed by atoms with Crippen LogP contribution in [0.15, 0.2) is 23.7 Å². The van der Waals surface area contributed by atoms with Crippen molar-refractivity contribution < 1.29 is 4.79 Å². The van der Waals surface area contributed by atoms with Gasteiger partial charge >= 0.3 is 0 Å². The molecule has 0 radical (unpaired) electrons. The summed E-state index contributed by atoms with van der Waals surface area (Å²) in [6, 6.07) is 6.76. The van der Waals surface area contributed by atoms with Crippen molar-refractivity contribution in [3.05, 3.63) is 45.4 Å². The maximum absolute atomic E-state index is 12.6. The maximum atomic E-state index is 12.6. The van der Waals surface area contributed by atoms with E-state index in [2.05, 4.69) is 42.3 Å². The first-order valence-electron chi connectivity index (χ1n) is 8.08. The highest BCUT2D eigenvalue weighted by Gasteiger charge is 2.26. The van der Waals surface area contributed by atoms with E-state index in [-0.39, 0.29) is 5.91 Å². The first-order chi connectivity index (χ1) is 11.0. The zero-order valence-corrected chi connectivity index (χ0v) is 14.7. The number of aryl methyl sites for hydroxylation is 3. The molecule has 122 valence electrons. The van der Waals surface area contributed by atoms with Gasteiger partial charge in [0.2, 0.25) is 0 Å². The van der Waals surface area contributed by atoms with Crippen LogP contribution >= 0.6 is 11.3 Å². The summed E-state index contributed by atoms with van der Waals surface area (Å²) in [4.78, 5) is 19.6. The number of likely N-dealkylation sites (tertiary alicyclic amines) is 1. The number of thiazole rings is 1. The molecule has 1 aliphatic heterocycles. The molecule has 1 aromatic heterocycles. The van der Waals surface area contributed by atoms with Gasteiger partial charge in [-0.25, -0.2) is 4.98 Å². The van der Waals surface area contributed by atoms with Gasteiger partial charge in [-0.05, 0) is 56.9 Å². The van der Waals surface area contributed by atoms with Gasteiger partial charge in [0.25, 0.3) is 5.91 Å². The van der Waals surface area contributed by atoms with Crippen LogP contribution in [0.1, 0.15) is 39.3 Å². The summed E-state index contributed by atoms with van der Waals surface area (Å²) in [5.41, 5.74) is 6.32. The Hall–Kier alpha value is -1.88. The minimum Gasteiger partial charge on any atom is -0.381 e. The van der Waals surface area contributed by atoms with Gasteiger partial charge in [-0.1, -0.05) is 6.07 Å². The van der Waals surface area contributed by atoms with Gasteiger partial charge in [0, 0.05) is 24.8 Å². The molecule has 1 aliphatic rings. The summed E-state index contributed by atoms with van der Waals surface area (Å²) in [6.07, 6.45) is 2.13. The molecule has 3 rings (SSSR count). The predicted molar refractivity (Wildman–Crippen MR) is 95.3 cm³/mol. The molecule has 1 N–H and O–H groups in total. The van der Waals surface area contributed by atoms with Crippen molar-refractivity contribution in [1.82, 2.24) is 9.88 Å². The van der Waals surface area contributed by atoms with Crippen molar-refractivity contribution in [3.63, 3.8) is 0 Å². The van der Waals surface area contributed by atoms with Crippen LogP contribution in [0.25, 0.3) is 0 Å². The van der Waals surface area contributed by atoms with Crippen LogP contribution in [0, 0.1) is 20.8 Å². The van der Waals surface area contributed by atoms with Gasteiger partial charge in [-0.2, -0.15) is 0 Å². The molecule has 0 spiro atoms. The number of carbonyl (C=O) groups excluding carboxylic acids is 1. The Bertz CT molecular complexity index is 710. The topological polar surface area (TPSA) is 45.2 Å². The van der Waals surface area contributed by atoms with Crippen LogP contribution in [0.2, 0.25) is 0 Å². The second-order valence-corrected chi connectivity index (χ2v) is 7.16. The molecular formula is C18H23N3OS. The molecule has 1 atom stereocenters. The number of carbonyl (C=O) groups is 1. The van der Waals surface area contributed by atoms with E-state index >= 15 is 0 Å². The van der Waals surface area contributed by atoms with Crippen LogP contribution in [-0.4, -0.2) is 34.9 Å². The highest BCUT2D eigenvalue weighted by atomic mass is 32.1. The molecule has 0 saturated carbocycles. The van der Waals surface area contributed by atoms with Crippen LogP contribution in [-0.2, 0) is 0 Å². The number of rotatable bonds is 3. The number of nitrogens with zero attached hydrogens (tertiary/aromatic N) is 2. The Balaban J connectivity index is 1.67. The van der Waals surface area contributed by atoms with Gasteiger partial charge in [0.05, 0.1) is 11.2 Å². The second kappa shape index (κ2) is 6.71. The quantitative estimate of drug-likeness (QED) is 0.932. The normalized spacial score (nSPS) is 18.0. The van der Waals surface area contributed by atoms with Crippen molar-refractivity contribution in [1.29, 1.82) is 0 Å². The van der Waals surface area contributed by atoms with E-state index in [1.807, 2.05) is 11.8 Å². The third kappa shape index (κ3) is 3.55. The monoisotopic (exact) mass is 329 g/mol. The molecule has 2 heterocycles. The smallest absolute Gasteiger partial charge is 0.265 e. The minimum absolute atomic E-state index is 0.122. The maximum Gasteiger partial charge on any atom is 0.265 e. The van der Waals surface area contributed by atoms with Crippen LogP contribution in [0.5, 0.6) is 0 Å². The summed E-state index contributed by atoms with van der Waals surface area (Å²) in [6.45, 7) is 7.74. The number of piperidine rings is 1. The molecule has 2 aromatic rings. The Kier molecular flexibility index (Phi) is 4.66. The third-order valence-corrected chi connectivity index (χ3v) is 5.44. The Morgan fingerprint density at radius 3 is 2.83 bits per heavy atom. The summed E-state index contributed by atoms with van der Waals surface area (Å²) < 4.78 is 0. The highest BCUT2D eigenvalue weighted by Crippen LogP contribution is 2.22. The molecule has 23 heavy (non-hydrogen) atoms. The zero-order valence-electron chi connectivity index (χ0n) is 13.9. The number of benzene rings is 1. The SMILES string of the molecule is Cc1ccc(N[C@H]2CCCN(C(=O)c3scnc3C)C2)cc1C. The van der Waals surface area contributed by atoms with Crippen molar-refractivity contribution in [2.75, 3.05) is 18.4 Å².